The van der Waals surface area contributed by atoms with E-state index >= 15 is 0 Å². The molecule has 1 aliphatic rings. The second kappa shape index (κ2) is 5.70. The van der Waals surface area contributed by atoms with E-state index in [0.717, 1.165) is 21.6 Å². The summed E-state index contributed by atoms with van der Waals surface area (Å²) in [5, 5.41) is 9.81. The molecule has 1 aromatic carbocycles. The van der Waals surface area contributed by atoms with Gasteiger partial charge in [-0.05, 0) is 18.6 Å². The van der Waals surface area contributed by atoms with Gasteiger partial charge < -0.3 is 9.80 Å². The highest BCUT2D eigenvalue weighted by atomic mass is 32.1. The SMILES string of the molecule is CN(Cc1nc2ccccc2s1)C(=O)[C@H]1CCN(C#N)C1. The minimum Gasteiger partial charge on any atom is -0.339 e. The molecular weight excluding hydrogens is 284 g/mol. The van der Waals surface area contributed by atoms with Crippen molar-refractivity contribution >= 4 is 27.5 Å². The van der Waals surface area contributed by atoms with Crippen LogP contribution < -0.4 is 0 Å². The Morgan fingerprint density at radius 3 is 3.10 bits per heavy atom. The monoisotopic (exact) mass is 300 g/mol. The molecule has 6 heteroatoms. The highest BCUT2D eigenvalue weighted by Crippen LogP contribution is 2.24. The van der Waals surface area contributed by atoms with Gasteiger partial charge in [-0.3, -0.25) is 4.79 Å². The molecule has 5 nitrogen and oxygen atoms in total. The Morgan fingerprint density at radius 2 is 2.38 bits per heavy atom. The molecule has 0 saturated carbocycles. The number of likely N-dealkylation sites (tertiary alicyclic amines) is 1. The van der Waals surface area contributed by atoms with Gasteiger partial charge in [-0.15, -0.1) is 11.3 Å². The van der Waals surface area contributed by atoms with Gasteiger partial charge in [0.05, 0.1) is 22.7 Å². The van der Waals surface area contributed by atoms with E-state index in [0.29, 0.717) is 19.6 Å². The maximum absolute atomic E-state index is 12.4. The van der Waals surface area contributed by atoms with E-state index in [2.05, 4.69) is 11.2 Å². The largest absolute Gasteiger partial charge is 0.339 e. The quantitative estimate of drug-likeness (QED) is 0.814. The summed E-state index contributed by atoms with van der Waals surface area (Å²) in [5.41, 5.74) is 0.981. The number of carbonyl (C=O) groups is 1. The Bertz CT molecular complexity index is 672. The van der Waals surface area contributed by atoms with Crippen LogP contribution in [0.2, 0.25) is 0 Å². The first-order chi connectivity index (χ1) is 10.2. The lowest BCUT2D eigenvalue weighted by Crippen LogP contribution is -2.33. The number of thiazole rings is 1. The number of fused-ring (bicyclic) bond motifs is 1. The summed E-state index contributed by atoms with van der Waals surface area (Å²) in [4.78, 5) is 20.3. The molecule has 3 rings (SSSR count). The van der Waals surface area contributed by atoms with Gasteiger partial charge in [-0.2, -0.15) is 5.26 Å². The molecule has 1 saturated heterocycles. The van der Waals surface area contributed by atoms with Crippen LogP contribution in [0.1, 0.15) is 11.4 Å². The molecule has 1 aliphatic heterocycles. The van der Waals surface area contributed by atoms with Crippen LogP contribution >= 0.6 is 11.3 Å². The number of amides is 1. The number of benzene rings is 1. The number of hydrogen-bond acceptors (Lipinski definition) is 5. The zero-order valence-corrected chi connectivity index (χ0v) is 12.6. The first-order valence-corrected chi connectivity index (χ1v) is 7.73. The van der Waals surface area contributed by atoms with Crippen LogP contribution in [0, 0.1) is 17.4 Å². The summed E-state index contributed by atoms with van der Waals surface area (Å²) in [6.45, 7) is 1.75. The van der Waals surface area contributed by atoms with Crippen LogP contribution in [0.5, 0.6) is 0 Å². The van der Waals surface area contributed by atoms with Crippen molar-refractivity contribution in [2.24, 2.45) is 5.92 Å². The average molecular weight is 300 g/mol. The lowest BCUT2D eigenvalue weighted by atomic mass is 10.1. The molecule has 0 bridgehead atoms. The smallest absolute Gasteiger partial charge is 0.227 e. The van der Waals surface area contributed by atoms with Gasteiger partial charge in [0.1, 0.15) is 5.01 Å². The summed E-state index contributed by atoms with van der Waals surface area (Å²) in [6, 6.07) is 7.99. The van der Waals surface area contributed by atoms with Crippen molar-refractivity contribution in [2.75, 3.05) is 20.1 Å². The Labute approximate surface area is 127 Å². The Morgan fingerprint density at radius 1 is 1.57 bits per heavy atom. The first kappa shape index (κ1) is 13.8. The van der Waals surface area contributed by atoms with E-state index in [1.807, 2.05) is 31.3 Å². The molecule has 0 unspecified atom stereocenters. The summed E-state index contributed by atoms with van der Waals surface area (Å²) in [5.74, 6) is 0.0380. The summed E-state index contributed by atoms with van der Waals surface area (Å²) in [6.07, 6.45) is 2.87. The van der Waals surface area contributed by atoms with Crippen molar-refractivity contribution < 1.29 is 4.79 Å². The fraction of sp³-hybridized carbons (Fsp3) is 0.400. The molecule has 108 valence electrons. The first-order valence-electron chi connectivity index (χ1n) is 6.91. The molecule has 0 spiro atoms. The van der Waals surface area contributed by atoms with E-state index in [1.54, 1.807) is 21.1 Å². The normalized spacial score (nSPS) is 17.9. The third-order valence-electron chi connectivity index (χ3n) is 3.77. The number of carbonyl (C=O) groups excluding carboxylic acids is 1. The third kappa shape index (κ3) is 2.83. The van der Waals surface area contributed by atoms with Gasteiger partial charge in [-0.1, -0.05) is 12.1 Å². The molecule has 21 heavy (non-hydrogen) atoms. The highest BCUT2D eigenvalue weighted by molar-refractivity contribution is 7.18. The van der Waals surface area contributed by atoms with E-state index in [4.69, 9.17) is 5.26 Å². The number of rotatable bonds is 3. The van der Waals surface area contributed by atoms with E-state index in [9.17, 15) is 4.79 Å². The average Bonchev–Trinajstić information content (AvgIpc) is 3.12. The number of hydrogen-bond donors (Lipinski definition) is 0. The number of para-hydroxylation sites is 1. The molecule has 1 amide bonds. The second-order valence-electron chi connectivity index (χ2n) is 5.30. The highest BCUT2D eigenvalue weighted by Gasteiger charge is 2.30. The maximum Gasteiger partial charge on any atom is 0.227 e. The predicted octanol–water partition coefficient (Wildman–Crippen LogP) is 2.06. The van der Waals surface area contributed by atoms with E-state index < -0.39 is 0 Å². The number of nitriles is 1. The van der Waals surface area contributed by atoms with Crippen molar-refractivity contribution in [3.8, 4) is 6.19 Å². The molecule has 1 fully saturated rings. The van der Waals surface area contributed by atoms with Crippen molar-refractivity contribution in [1.29, 1.82) is 5.26 Å². The summed E-state index contributed by atoms with van der Waals surface area (Å²) >= 11 is 1.62. The maximum atomic E-state index is 12.4. The molecule has 1 aromatic heterocycles. The fourth-order valence-electron chi connectivity index (χ4n) is 2.63. The van der Waals surface area contributed by atoms with Crippen LogP contribution in [0.4, 0.5) is 0 Å². The van der Waals surface area contributed by atoms with Gasteiger partial charge in [0.2, 0.25) is 5.91 Å². The molecule has 0 radical (unpaired) electrons. The van der Waals surface area contributed by atoms with Gasteiger partial charge >= 0.3 is 0 Å². The Hall–Kier alpha value is -2.13. The minimum atomic E-state index is -0.0657. The molecule has 0 aliphatic carbocycles. The zero-order chi connectivity index (χ0) is 14.8. The number of nitrogens with zero attached hydrogens (tertiary/aromatic N) is 4. The van der Waals surface area contributed by atoms with E-state index in [1.165, 1.54) is 0 Å². The second-order valence-corrected chi connectivity index (χ2v) is 6.42. The topological polar surface area (TPSA) is 60.2 Å². The van der Waals surface area contributed by atoms with Gasteiger partial charge in [0.25, 0.3) is 0 Å². The van der Waals surface area contributed by atoms with Crippen LogP contribution in [0.3, 0.4) is 0 Å². The summed E-state index contributed by atoms with van der Waals surface area (Å²) < 4.78 is 1.14. The Kier molecular flexibility index (Phi) is 3.76. The van der Waals surface area contributed by atoms with Crippen molar-refractivity contribution in [1.82, 2.24) is 14.8 Å². The predicted molar refractivity (Wildman–Crippen MR) is 81.4 cm³/mol. The van der Waals surface area contributed by atoms with Gasteiger partial charge in [0.15, 0.2) is 6.19 Å². The lowest BCUT2D eigenvalue weighted by Gasteiger charge is -2.19. The summed E-state index contributed by atoms with van der Waals surface area (Å²) in [7, 11) is 1.81. The molecule has 2 aromatic rings. The van der Waals surface area contributed by atoms with Crippen molar-refractivity contribution in [2.45, 2.75) is 13.0 Å². The fourth-order valence-corrected chi connectivity index (χ4v) is 3.65. The van der Waals surface area contributed by atoms with Gasteiger partial charge in [-0.25, -0.2) is 4.98 Å². The lowest BCUT2D eigenvalue weighted by molar-refractivity contribution is -0.134. The van der Waals surface area contributed by atoms with Crippen LogP contribution in [-0.4, -0.2) is 40.8 Å². The molecule has 0 N–H and O–H groups in total. The molecule has 2 heterocycles. The Balaban J connectivity index is 1.67. The third-order valence-corrected chi connectivity index (χ3v) is 4.79. The van der Waals surface area contributed by atoms with Crippen LogP contribution in [0.15, 0.2) is 24.3 Å². The van der Waals surface area contributed by atoms with Crippen LogP contribution in [-0.2, 0) is 11.3 Å². The van der Waals surface area contributed by atoms with Crippen molar-refractivity contribution in [3.05, 3.63) is 29.3 Å². The minimum absolute atomic E-state index is 0.0657. The number of aromatic nitrogens is 1. The van der Waals surface area contributed by atoms with Crippen LogP contribution in [0.25, 0.3) is 10.2 Å². The molecule has 1 atom stereocenters. The van der Waals surface area contributed by atoms with E-state index in [-0.39, 0.29) is 11.8 Å². The standard InChI is InChI=1S/C15H16N4OS/c1-18(15(20)11-6-7-19(8-11)10-16)9-14-17-12-4-2-3-5-13(12)21-14/h2-5,11H,6-9H2,1H3/t11-/m0/s1. The van der Waals surface area contributed by atoms with Crippen molar-refractivity contribution in [3.63, 3.8) is 0 Å². The van der Waals surface area contributed by atoms with Gasteiger partial charge in [0, 0.05) is 20.1 Å². The zero-order valence-electron chi connectivity index (χ0n) is 11.8. The molecular formula is C15H16N4OS.